The third kappa shape index (κ3) is 2.44. The lowest BCUT2D eigenvalue weighted by atomic mass is 10.3. The van der Waals surface area contributed by atoms with Gasteiger partial charge in [0.05, 0.1) is 10.6 Å². The summed E-state index contributed by atoms with van der Waals surface area (Å²) in [5.74, 6) is -1.39. The van der Waals surface area contributed by atoms with Crippen LogP contribution in [0.25, 0.3) is 5.65 Å². The number of carboxylic acid groups (broad SMARTS) is 1. The molecule has 0 saturated heterocycles. The predicted molar refractivity (Wildman–Crippen MR) is 63.5 cm³/mol. The molecular weight excluding hydrogens is 282 g/mol. The van der Waals surface area contributed by atoms with E-state index in [1.165, 1.54) is 16.7 Å². The smallest absolute Gasteiger partial charge is 0.337 e. The van der Waals surface area contributed by atoms with Crippen LogP contribution < -0.4 is 0 Å². The van der Waals surface area contributed by atoms with Crippen molar-refractivity contribution >= 4 is 33.1 Å². The second-order valence-corrected chi connectivity index (χ2v) is 6.31. The Morgan fingerprint density at radius 2 is 2.17 bits per heavy atom. The van der Waals surface area contributed by atoms with Crippen LogP contribution in [0.2, 0.25) is 5.02 Å². The highest BCUT2D eigenvalue weighted by Crippen LogP contribution is 2.19. The SMILES string of the molecule is CS(=O)(=O)Cc1nnc2c(Cl)cc(C(=O)O)cn12. The number of aromatic nitrogens is 3. The van der Waals surface area contributed by atoms with Gasteiger partial charge < -0.3 is 5.11 Å². The monoisotopic (exact) mass is 289 g/mol. The number of aromatic carboxylic acids is 1. The molecule has 96 valence electrons. The first-order valence-electron chi connectivity index (χ1n) is 4.72. The molecule has 0 saturated carbocycles. The number of nitrogens with zero attached hydrogens (tertiary/aromatic N) is 3. The Bertz CT molecular complexity index is 738. The van der Waals surface area contributed by atoms with Crippen LogP contribution in [0, 0.1) is 0 Å². The predicted octanol–water partition coefficient (Wildman–Crippen LogP) is 0.625. The molecule has 2 aromatic heterocycles. The number of halogens is 1. The van der Waals surface area contributed by atoms with Gasteiger partial charge in [0.1, 0.15) is 5.75 Å². The minimum Gasteiger partial charge on any atom is -0.478 e. The van der Waals surface area contributed by atoms with Crippen LogP contribution >= 0.6 is 11.6 Å². The maximum atomic E-state index is 11.2. The molecule has 1 N–H and O–H groups in total. The summed E-state index contributed by atoms with van der Waals surface area (Å²) in [7, 11) is -3.30. The van der Waals surface area contributed by atoms with Crippen LogP contribution in [0.5, 0.6) is 0 Å². The molecule has 0 bridgehead atoms. The van der Waals surface area contributed by atoms with Crippen molar-refractivity contribution < 1.29 is 18.3 Å². The second-order valence-electron chi connectivity index (χ2n) is 3.76. The van der Waals surface area contributed by atoms with E-state index in [-0.39, 0.29) is 27.8 Å². The van der Waals surface area contributed by atoms with Gasteiger partial charge in [0.15, 0.2) is 21.3 Å². The summed E-state index contributed by atoms with van der Waals surface area (Å²) in [6, 6.07) is 1.23. The molecule has 0 aliphatic heterocycles. The Hall–Kier alpha value is -1.67. The molecule has 0 aromatic carbocycles. The molecule has 2 aromatic rings. The van der Waals surface area contributed by atoms with E-state index in [4.69, 9.17) is 16.7 Å². The zero-order chi connectivity index (χ0) is 13.5. The summed E-state index contributed by atoms with van der Waals surface area (Å²) < 4.78 is 23.7. The summed E-state index contributed by atoms with van der Waals surface area (Å²) in [6.07, 6.45) is 2.29. The molecule has 18 heavy (non-hydrogen) atoms. The number of hydrogen-bond acceptors (Lipinski definition) is 5. The van der Waals surface area contributed by atoms with Crippen molar-refractivity contribution in [2.45, 2.75) is 5.75 Å². The zero-order valence-corrected chi connectivity index (χ0v) is 10.7. The van der Waals surface area contributed by atoms with Crippen molar-refractivity contribution in [2.75, 3.05) is 6.26 Å². The van der Waals surface area contributed by atoms with Crippen LogP contribution in [0.15, 0.2) is 12.3 Å². The highest BCUT2D eigenvalue weighted by Gasteiger charge is 2.16. The quantitative estimate of drug-likeness (QED) is 0.889. The molecule has 0 radical (unpaired) electrons. The average Bonchev–Trinajstić information content (AvgIpc) is 2.59. The Labute approximate surface area is 107 Å². The van der Waals surface area contributed by atoms with Crippen molar-refractivity contribution in [3.8, 4) is 0 Å². The highest BCUT2D eigenvalue weighted by molar-refractivity contribution is 7.89. The van der Waals surface area contributed by atoms with Gasteiger partial charge in [-0.2, -0.15) is 0 Å². The van der Waals surface area contributed by atoms with Crippen molar-refractivity contribution in [2.24, 2.45) is 0 Å². The summed E-state index contributed by atoms with van der Waals surface area (Å²) in [4.78, 5) is 10.9. The molecule has 7 nitrogen and oxygen atoms in total. The lowest BCUT2D eigenvalue weighted by Gasteiger charge is -2.01. The van der Waals surface area contributed by atoms with Gasteiger partial charge in [-0.05, 0) is 6.07 Å². The van der Waals surface area contributed by atoms with Crippen molar-refractivity contribution in [1.29, 1.82) is 0 Å². The van der Waals surface area contributed by atoms with Gasteiger partial charge in [-0.1, -0.05) is 11.6 Å². The van der Waals surface area contributed by atoms with E-state index in [2.05, 4.69) is 10.2 Å². The van der Waals surface area contributed by atoms with E-state index < -0.39 is 15.8 Å². The third-order valence-corrected chi connectivity index (χ3v) is 3.23. The molecular formula is C9H8ClN3O4S. The minimum atomic E-state index is -3.30. The van der Waals surface area contributed by atoms with Gasteiger partial charge in [-0.25, -0.2) is 13.2 Å². The van der Waals surface area contributed by atoms with E-state index in [0.717, 1.165) is 6.26 Å². The number of rotatable bonds is 3. The van der Waals surface area contributed by atoms with E-state index in [0.29, 0.717) is 0 Å². The van der Waals surface area contributed by atoms with E-state index in [1.54, 1.807) is 0 Å². The van der Waals surface area contributed by atoms with Crippen LogP contribution in [0.4, 0.5) is 0 Å². The van der Waals surface area contributed by atoms with Gasteiger partial charge >= 0.3 is 5.97 Å². The van der Waals surface area contributed by atoms with Crippen LogP contribution in [0.3, 0.4) is 0 Å². The molecule has 0 unspecified atom stereocenters. The van der Waals surface area contributed by atoms with Crippen LogP contribution in [0.1, 0.15) is 16.2 Å². The van der Waals surface area contributed by atoms with Gasteiger partial charge in [-0.15, -0.1) is 10.2 Å². The molecule has 0 atom stereocenters. The van der Waals surface area contributed by atoms with Gasteiger partial charge in [0.25, 0.3) is 0 Å². The summed E-state index contributed by atoms with van der Waals surface area (Å²) >= 11 is 5.85. The molecule has 0 spiro atoms. The largest absolute Gasteiger partial charge is 0.478 e. The fraction of sp³-hybridized carbons (Fsp3) is 0.222. The van der Waals surface area contributed by atoms with Crippen molar-refractivity contribution in [1.82, 2.24) is 14.6 Å². The Balaban J connectivity index is 2.67. The Kier molecular flexibility index (Phi) is 2.99. The normalized spacial score (nSPS) is 11.9. The second kappa shape index (κ2) is 4.21. The number of sulfone groups is 1. The average molecular weight is 290 g/mol. The van der Waals surface area contributed by atoms with Crippen molar-refractivity contribution in [3.05, 3.63) is 28.7 Å². The number of carboxylic acids is 1. The number of hydrogen-bond donors (Lipinski definition) is 1. The van der Waals surface area contributed by atoms with Crippen LogP contribution in [-0.2, 0) is 15.6 Å². The highest BCUT2D eigenvalue weighted by atomic mass is 35.5. The van der Waals surface area contributed by atoms with Gasteiger partial charge in [0, 0.05) is 12.5 Å². The summed E-state index contributed by atoms with van der Waals surface area (Å²) in [6.45, 7) is 0. The standard InChI is InChI=1S/C9H8ClN3O4S/c1-18(16,17)4-7-11-12-8-6(10)2-5(9(14)15)3-13(7)8/h2-3H,4H2,1H3,(H,14,15). The first-order valence-corrected chi connectivity index (χ1v) is 7.16. The Morgan fingerprint density at radius 1 is 1.50 bits per heavy atom. The fourth-order valence-corrected chi connectivity index (χ4v) is 2.36. The Morgan fingerprint density at radius 3 is 2.72 bits per heavy atom. The maximum absolute atomic E-state index is 11.2. The van der Waals surface area contributed by atoms with Crippen LogP contribution in [-0.4, -0.2) is 40.3 Å². The lowest BCUT2D eigenvalue weighted by molar-refractivity contribution is 0.0696. The molecule has 0 fully saturated rings. The lowest BCUT2D eigenvalue weighted by Crippen LogP contribution is -2.06. The molecule has 2 rings (SSSR count). The maximum Gasteiger partial charge on any atom is 0.337 e. The fourth-order valence-electron chi connectivity index (χ4n) is 1.45. The topological polar surface area (TPSA) is 102 Å². The third-order valence-electron chi connectivity index (χ3n) is 2.17. The van der Waals surface area contributed by atoms with E-state index in [1.807, 2.05) is 0 Å². The van der Waals surface area contributed by atoms with E-state index >= 15 is 0 Å². The van der Waals surface area contributed by atoms with Crippen molar-refractivity contribution in [3.63, 3.8) is 0 Å². The molecule has 0 aliphatic carbocycles. The first-order chi connectivity index (χ1) is 8.28. The van der Waals surface area contributed by atoms with E-state index in [9.17, 15) is 13.2 Å². The van der Waals surface area contributed by atoms with Gasteiger partial charge in [-0.3, -0.25) is 4.40 Å². The number of pyridine rings is 1. The molecule has 0 aliphatic rings. The van der Waals surface area contributed by atoms with Gasteiger partial charge in [0.2, 0.25) is 0 Å². The molecule has 0 amide bonds. The summed E-state index contributed by atoms with van der Waals surface area (Å²) in [5.41, 5.74) is 0.155. The molecule has 2 heterocycles. The zero-order valence-electron chi connectivity index (χ0n) is 9.16. The molecule has 9 heteroatoms. The number of fused-ring (bicyclic) bond motifs is 1. The number of carbonyl (C=O) groups is 1. The first kappa shape index (κ1) is 12.8. The minimum absolute atomic E-state index is 0.0675. The summed E-state index contributed by atoms with van der Waals surface area (Å²) in [5, 5.41) is 16.4.